The number of rotatable bonds is 3. The summed E-state index contributed by atoms with van der Waals surface area (Å²) >= 11 is 6.59. The highest BCUT2D eigenvalue weighted by Crippen LogP contribution is 2.44. The normalized spacial score (nSPS) is 18.9. The van der Waals surface area contributed by atoms with E-state index < -0.39 is 32.9 Å². The van der Waals surface area contributed by atoms with E-state index in [4.69, 9.17) is 11.6 Å². The Labute approximate surface area is 210 Å². The van der Waals surface area contributed by atoms with Gasteiger partial charge in [-0.2, -0.15) is 4.98 Å². The number of aromatic nitrogens is 2. The molecule has 5 rings (SSSR count). The van der Waals surface area contributed by atoms with Crippen LogP contribution in [0.3, 0.4) is 0 Å². The van der Waals surface area contributed by atoms with E-state index in [9.17, 15) is 26.8 Å². The van der Waals surface area contributed by atoms with Crippen LogP contribution < -0.4 is 10.6 Å². The fourth-order valence-electron chi connectivity index (χ4n) is 4.95. The average molecular weight is 535 g/mol. The molecule has 2 aliphatic rings. The van der Waals surface area contributed by atoms with Crippen LogP contribution in [0.4, 0.5) is 14.6 Å². The number of carbonyl (C=O) groups is 1. The minimum atomic E-state index is -3.99. The van der Waals surface area contributed by atoms with Gasteiger partial charge in [-0.3, -0.25) is 9.36 Å². The first-order valence-electron chi connectivity index (χ1n) is 11.2. The van der Waals surface area contributed by atoms with Crippen LogP contribution in [0.25, 0.3) is 22.0 Å². The van der Waals surface area contributed by atoms with Gasteiger partial charge in [0.05, 0.1) is 16.3 Å². The summed E-state index contributed by atoms with van der Waals surface area (Å²) in [5, 5.41) is 0.245. The van der Waals surface area contributed by atoms with Gasteiger partial charge >= 0.3 is 5.69 Å². The number of carbonyl (C=O) groups excluding carboxylic acids is 1. The second-order valence-corrected chi connectivity index (χ2v) is 11.3. The summed E-state index contributed by atoms with van der Waals surface area (Å²) in [6.45, 7) is 6.27. The number of aryl methyl sites for hydroxylation is 1. The number of sulfone groups is 1. The topological polar surface area (TPSA) is 92.6 Å². The van der Waals surface area contributed by atoms with Crippen molar-refractivity contribution < 1.29 is 22.0 Å². The maximum atomic E-state index is 14.8. The average Bonchev–Trinajstić information content (AvgIpc) is 2.82. The van der Waals surface area contributed by atoms with Crippen molar-refractivity contribution in [2.75, 3.05) is 30.3 Å². The molecule has 36 heavy (non-hydrogen) atoms. The molecule has 1 saturated heterocycles. The molecule has 1 atom stereocenters. The van der Waals surface area contributed by atoms with Crippen molar-refractivity contribution in [2.24, 2.45) is 0 Å². The number of piperazine rings is 1. The molecule has 1 fully saturated rings. The Balaban J connectivity index is 1.80. The third kappa shape index (κ3) is 3.77. The summed E-state index contributed by atoms with van der Waals surface area (Å²) in [7, 11) is -3.99. The number of nitrogens with zero attached hydrogens (tertiary/aromatic N) is 4. The molecule has 0 aliphatic carbocycles. The van der Waals surface area contributed by atoms with Crippen LogP contribution in [-0.4, -0.2) is 60.2 Å². The number of anilines is 1. The fourth-order valence-corrected chi connectivity index (χ4v) is 6.98. The van der Waals surface area contributed by atoms with Gasteiger partial charge in [-0.25, -0.2) is 22.0 Å². The van der Waals surface area contributed by atoms with E-state index in [1.165, 1.54) is 16.7 Å². The Morgan fingerprint density at radius 1 is 1.22 bits per heavy atom. The number of amides is 1. The van der Waals surface area contributed by atoms with Crippen LogP contribution in [0, 0.1) is 11.6 Å². The van der Waals surface area contributed by atoms with Gasteiger partial charge in [0.15, 0.2) is 9.84 Å². The molecule has 2 aromatic carbocycles. The quantitative estimate of drug-likeness (QED) is 0.480. The van der Waals surface area contributed by atoms with Crippen LogP contribution in [0.1, 0.15) is 6.92 Å². The van der Waals surface area contributed by atoms with Crippen LogP contribution >= 0.6 is 11.6 Å². The number of halogens is 3. The van der Waals surface area contributed by atoms with Gasteiger partial charge in [0, 0.05) is 54.8 Å². The maximum Gasteiger partial charge on any atom is 0.350 e. The zero-order valence-corrected chi connectivity index (χ0v) is 20.7. The molecule has 188 valence electrons. The smallest absolute Gasteiger partial charge is 0.350 e. The highest BCUT2D eigenvalue weighted by atomic mass is 35.5. The highest BCUT2D eigenvalue weighted by molar-refractivity contribution is 7.91. The number of benzene rings is 2. The lowest BCUT2D eigenvalue weighted by Crippen LogP contribution is -2.54. The van der Waals surface area contributed by atoms with E-state index in [1.807, 2.05) is 11.8 Å². The molecule has 1 unspecified atom stereocenters. The molecule has 0 radical (unpaired) electrons. The first-order valence-corrected chi connectivity index (χ1v) is 13.2. The molecule has 0 saturated carbocycles. The summed E-state index contributed by atoms with van der Waals surface area (Å²) in [6, 6.07) is 3.99. The van der Waals surface area contributed by atoms with Crippen LogP contribution in [-0.2, 0) is 21.2 Å². The monoisotopic (exact) mass is 534 g/mol. The minimum absolute atomic E-state index is 0.0742. The predicted molar refractivity (Wildman–Crippen MR) is 132 cm³/mol. The van der Waals surface area contributed by atoms with Gasteiger partial charge in [0.25, 0.3) is 0 Å². The molecule has 1 aromatic heterocycles. The molecule has 0 bridgehead atoms. The lowest BCUT2D eigenvalue weighted by molar-refractivity contribution is -0.126. The van der Waals surface area contributed by atoms with E-state index >= 15 is 0 Å². The standard InChI is InChI=1S/C24H21ClF2N4O4S/c1-3-19(32)29-6-7-30(13(2)12-29)23-16-11-17(25)20(15-5-4-14(26)10-18(15)27)22-21(16)31(24(33)28-23)8-9-36(22,34)35/h3-5,10-11,13H,1,6-9,12H2,2H3. The Hall–Kier alpha value is -3.31. The summed E-state index contributed by atoms with van der Waals surface area (Å²) < 4.78 is 56.3. The molecule has 0 spiro atoms. The summed E-state index contributed by atoms with van der Waals surface area (Å²) in [4.78, 5) is 32.6. The van der Waals surface area contributed by atoms with Crippen molar-refractivity contribution in [3.05, 3.63) is 64.1 Å². The summed E-state index contributed by atoms with van der Waals surface area (Å²) in [6.07, 6.45) is 1.23. The van der Waals surface area contributed by atoms with Crippen molar-refractivity contribution in [1.82, 2.24) is 14.5 Å². The molecule has 2 aliphatic heterocycles. The first-order chi connectivity index (χ1) is 17.0. The number of hydrogen-bond acceptors (Lipinski definition) is 6. The van der Waals surface area contributed by atoms with Crippen molar-refractivity contribution in [1.29, 1.82) is 0 Å². The molecular formula is C24H21ClF2N4O4S. The van der Waals surface area contributed by atoms with E-state index in [1.54, 1.807) is 4.90 Å². The lowest BCUT2D eigenvalue weighted by Gasteiger charge is -2.40. The molecule has 0 N–H and O–H groups in total. The Bertz CT molecular complexity index is 1620. The Kier molecular flexibility index (Phi) is 5.87. The third-order valence-corrected chi connectivity index (χ3v) is 8.67. The summed E-state index contributed by atoms with van der Waals surface area (Å²) in [5.74, 6) is -2.18. The Morgan fingerprint density at radius 2 is 1.97 bits per heavy atom. The fraction of sp³-hybridized carbons (Fsp3) is 0.292. The lowest BCUT2D eigenvalue weighted by atomic mass is 10.0. The van der Waals surface area contributed by atoms with Gasteiger partial charge in [-0.15, -0.1) is 0 Å². The van der Waals surface area contributed by atoms with E-state index in [0.717, 1.165) is 12.1 Å². The third-order valence-electron chi connectivity index (χ3n) is 6.63. The van der Waals surface area contributed by atoms with E-state index in [2.05, 4.69) is 11.6 Å². The van der Waals surface area contributed by atoms with Crippen molar-refractivity contribution >= 4 is 44.1 Å². The zero-order chi connectivity index (χ0) is 25.9. The largest absolute Gasteiger partial charge is 0.350 e. The second-order valence-electron chi connectivity index (χ2n) is 8.80. The predicted octanol–water partition coefficient (Wildman–Crippen LogP) is 3.01. The second kappa shape index (κ2) is 8.67. The highest BCUT2D eigenvalue weighted by Gasteiger charge is 2.35. The van der Waals surface area contributed by atoms with Gasteiger partial charge < -0.3 is 9.80 Å². The molecule has 3 heterocycles. The zero-order valence-electron chi connectivity index (χ0n) is 19.2. The minimum Gasteiger partial charge on any atom is -0.350 e. The van der Waals surface area contributed by atoms with Gasteiger partial charge in [-0.05, 0) is 31.2 Å². The van der Waals surface area contributed by atoms with Crippen molar-refractivity contribution in [3.63, 3.8) is 0 Å². The summed E-state index contributed by atoms with van der Waals surface area (Å²) in [5.41, 5.74) is -0.887. The van der Waals surface area contributed by atoms with Gasteiger partial charge in [-0.1, -0.05) is 18.2 Å². The van der Waals surface area contributed by atoms with Crippen LogP contribution in [0.2, 0.25) is 5.02 Å². The van der Waals surface area contributed by atoms with Crippen molar-refractivity contribution in [2.45, 2.75) is 24.4 Å². The first kappa shape index (κ1) is 24.4. The van der Waals surface area contributed by atoms with Gasteiger partial charge in [0.1, 0.15) is 22.3 Å². The SMILES string of the molecule is C=CC(=O)N1CCN(c2nc(=O)n3c4c(c(-c5ccc(F)cc5F)c(Cl)cc24)S(=O)(=O)CC3)C(C)C1. The van der Waals surface area contributed by atoms with Crippen LogP contribution in [0.15, 0.2) is 46.6 Å². The van der Waals surface area contributed by atoms with Gasteiger partial charge in [0.2, 0.25) is 5.91 Å². The molecular weight excluding hydrogens is 514 g/mol. The molecule has 8 nitrogen and oxygen atoms in total. The van der Waals surface area contributed by atoms with E-state index in [0.29, 0.717) is 31.1 Å². The van der Waals surface area contributed by atoms with E-state index in [-0.39, 0.29) is 50.9 Å². The maximum absolute atomic E-state index is 14.8. The Morgan fingerprint density at radius 3 is 2.64 bits per heavy atom. The molecule has 1 amide bonds. The number of hydrogen-bond donors (Lipinski definition) is 0. The molecule has 3 aromatic rings. The van der Waals surface area contributed by atoms with Crippen molar-refractivity contribution in [3.8, 4) is 11.1 Å². The van der Waals surface area contributed by atoms with Crippen LogP contribution in [0.5, 0.6) is 0 Å². The molecule has 12 heteroatoms.